The molecule has 0 aliphatic rings. The summed E-state index contributed by atoms with van der Waals surface area (Å²) in [6.07, 6.45) is 15.5. The van der Waals surface area contributed by atoms with Gasteiger partial charge in [0.25, 0.3) is 0 Å². The number of hydrogen-bond donors (Lipinski definition) is 2. The van der Waals surface area contributed by atoms with Gasteiger partial charge >= 0.3 is 8.25 Å². The van der Waals surface area contributed by atoms with E-state index in [1.807, 2.05) is 21.1 Å². The van der Waals surface area contributed by atoms with Crippen molar-refractivity contribution in [2.24, 2.45) is 0 Å². The lowest BCUT2D eigenvalue weighted by Crippen LogP contribution is -2.37. The first kappa shape index (κ1) is 31.9. The summed E-state index contributed by atoms with van der Waals surface area (Å²) in [6.45, 7) is 3.09. The molecule has 0 aromatic carbocycles. The molecule has 0 fully saturated rings. The summed E-state index contributed by atoms with van der Waals surface area (Å²) >= 11 is 0. The van der Waals surface area contributed by atoms with Crippen LogP contribution < -0.4 is 0 Å². The van der Waals surface area contributed by atoms with E-state index in [2.05, 4.69) is 6.92 Å². The third kappa shape index (κ3) is 24.5. The average molecular weight is 482 g/mol. The lowest BCUT2D eigenvalue weighted by atomic mass is 10.0. The molecule has 0 rings (SSSR count). The molecule has 0 amide bonds. The van der Waals surface area contributed by atoms with E-state index in [0.717, 1.165) is 12.8 Å². The van der Waals surface area contributed by atoms with Crippen LogP contribution in [0.1, 0.15) is 96.8 Å². The Kier molecular flexibility index (Phi) is 21.3. The van der Waals surface area contributed by atoms with Crippen LogP contribution in [0.25, 0.3) is 0 Å². The Hall–Kier alpha value is -0.140. The maximum atomic E-state index is 11.6. The van der Waals surface area contributed by atoms with E-state index < -0.39 is 20.6 Å². The van der Waals surface area contributed by atoms with Gasteiger partial charge in [0.1, 0.15) is 19.3 Å². The van der Waals surface area contributed by atoms with E-state index in [1.165, 1.54) is 70.6 Å². The highest BCUT2D eigenvalue weighted by Crippen LogP contribution is 2.23. The molecular weight excluding hydrogens is 429 g/mol. The van der Waals surface area contributed by atoms with E-state index in [1.54, 1.807) is 0 Å². The fourth-order valence-corrected chi connectivity index (χ4v) is 3.86. The summed E-state index contributed by atoms with van der Waals surface area (Å²) in [6, 6.07) is 0. The molecule has 8 heteroatoms. The molecule has 0 aliphatic carbocycles. The molecule has 0 aromatic heterocycles. The minimum Gasteiger partial charge on any atom is -0.388 e. The molecule has 192 valence electrons. The molecule has 0 aromatic rings. The van der Waals surface area contributed by atoms with Gasteiger partial charge in [-0.2, -0.15) is 0 Å². The first-order valence-corrected chi connectivity index (χ1v) is 13.9. The summed E-state index contributed by atoms with van der Waals surface area (Å²) in [5.74, 6) is 0. The van der Waals surface area contributed by atoms with Crippen molar-refractivity contribution in [1.29, 1.82) is 0 Å². The second kappa shape index (κ2) is 21.4. The molecule has 0 radical (unpaired) electrons. The van der Waals surface area contributed by atoms with Crippen molar-refractivity contribution in [2.75, 3.05) is 47.5 Å². The highest BCUT2D eigenvalue weighted by atomic mass is 31.1. The number of aliphatic hydroxyl groups excluding tert-OH is 2. The highest BCUT2D eigenvalue weighted by molar-refractivity contribution is 7.33. The smallest absolute Gasteiger partial charge is 0.388 e. The molecule has 7 nitrogen and oxygen atoms in total. The normalized spacial score (nSPS) is 14.5. The number of nitrogens with zero attached hydrogens (tertiary/aromatic N) is 1. The largest absolute Gasteiger partial charge is 0.697 e. The lowest BCUT2D eigenvalue weighted by Gasteiger charge is -2.21. The Morgan fingerprint density at radius 1 is 0.750 bits per heavy atom. The first-order valence-electron chi connectivity index (χ1n) is 12.8. The van der Waals surface area contributed by atoms with Gasteiger partial charge in [0.15, 0.2) is 12.9 Å². The number of quaternary nitrogens is 1. The predicted molar refractivity (Wildman–Crippen MR) is 131 cm³/mol. The zero-order chi connectivity index (χ0) is 24.1. The van der Waals surface area contributed by atoms with E-state index in [-0.39, 0.29) is 13.2 Å². The third-order valence-corrected chi connectivity index (χ3v) is 6.12. The van der Waals surface area contributed by atoms with Gasteiger partial charge in [-0.25, -0.2) is 0 Å². The van der Waals surface area contributed by atoms with Crippen LogP contribution in [0.2, 0.25) is 0 Å². The molecule has 3 unspecified atom stereocenters. The van der Waals surface area contributed by atoms with Crippen LogP contribution in [0, 0.1) is 0 Å². The third-order valence-electron chi connectivity index (χ3n) is 5.37. The summed E-state index contributed by atoms with van der Waals surface area (Å²) in [4.78, 5) is 0. The molecule has 0 saturated heterocycles. The van der Waals surface area contributed by atoms with Crippen molar-refractivity contribution in [3.63, 3.8) is 0 Å². The number of unbranched alkanes of at least 4 members (excludes halogenated alkanes) is 12. The Balaban J connectivity index is 3.44. The molecule has 3 atom stereocenters. The number of aliphatic hydroxyl groups is 2. The fourth-order valence-electron chi connectivity index (χ4n) is 3.26. The Labute approximate surface area is 198 Å². The van der Waals surface area contributed by atoms with Gasteiger partial charge in [-0.15, -0.1) is 9.05 Å². The van der Waals surface area contributed by atoms with Crippen LogP contribution in [0.15, 0.2) is 0 Å². The summed E-state index contributed by atoms with van der Waals surface area (Å²) in [7, 11) is 3.79. The molecule has 0 saturated carbocycles. The SMILES string of the molecule is CCCCCCCCCCCCCCCC(O)OCC(O)CO[P+](=O)OCC[N+](C)(C)C. The fraction of sp³-hybridized carbons (Fsp3) is 1.00. The second-order valence-electron chi connectivity index (χ2n) is 9.84. The average Bonchev–Trinajstić information content (AvgIpc) is 2.73. The Bertz CT molecular complexity index is 433. The number of hydrogen-bond acceptors (Lipinski definition) is 6. The molecule has 2 N–H and O–H groups in total. The van der Waals surface area contributed by atoms with E-state index >= 15 is 0 Å². The second-order valence-corrected chi connectivity index (χ2v) is 10.8. The summed E-state index contributed by atoms with van der Waals surface area (Å²) in [5.41, 5.74) is 0. The van der Waals surface area contributed by atoms with Crippen molar-refractivity contribution in [2.45, 2.75) is 109 Å². The summed E-state index contributed by atoms with van der Waals surface area (Å²) in [5, 5.41) is 19.7. The zero-order valence-corrected chi connectivity index (χ0v) is 22.2. The van der Waals surface area contributed by atoms with Crippen molar-refractivity contribution < 1.29 is 33.0 Å². The number of ether oxygens (including phenoxy) is 1. The highest BCUT2D eigenvalue weighted by Gasteiger charge is 2.24. The van der Waals surface area contributed by atoms with Crippen molar-refractivity contribution in [1.82, 2.24) is 0 Å². The van der Waals surface area contributed by atoms with E-state index in [0.29, 0.717) is 24.1 Å². The van der Waals surface area contributed by atoms with E-state index in [4.69, 9.17) is 13.8 Å². The van der Waals surface area contributed by atoms with Gasteiger partial charge in [-0.1, -0.05) is 84.0 Å². The van der Waals surface area contributed by atoms with Crippen molar-refractivity contribution >= 4 is 8.25 Å². The maximum absolute atomic E-state index is 11.6. The topological polar surface area (TPSA) is 85.2 Å². The predicted octanol–water partition coefficient (Wildman–Crippen LogP) is 5.56. The van der Waals surface area contributed by atoms with Crippen LogP contribution in [-0.2, 0) is 18.3 Å². The van der Waals surface area contributed by atoms with Gasteiger partial charge in [0, 0.05) is 4.57 Å². The number of likely N-dealkylation sites (N-methyl/N-ethyl adjacent to an activating group) is 1. The van der Waals surface area contributed by atoms with Crippen LogP contribution >= 0.6 is 8.25 Å². The lowest BCUT2D eigenvalue weighted by molar-refractivity contribution is -0.870. The molecule has 0 spiro atoms. The molecule has 32 heavy (non-hydrogen) atoms. The van der Waals surface area contributed by atoms with Crippen LogP contribution in [0.3, 0.4) is 0 Å². The van der Waals surface area contributed by atoms with Crippen LogP contribution in [-0.4, -0.2) is 74.6 Å². The minimum absolute atomic E-state index is 0.0539. The molecular formula is C24H52NO6P+2. The number of rotatable bonds is 24. The monoisotopic (exact) mass is 481 g/mol. The molecule has 0 aliphatic heterocycles. The molecule has 0 heterocycles. The van der Waals surface area contributed by atoms with Gasteiger partial charge in [-0.3, -0.25) is 0 Å². The van der Waals surface area contributed by atoms with Crippen LogP contribution in [0.5, 0.6) is 0 Å². The van der Waals surface area contributed by atoms with E-state index in [9.17, 15) is 14.8 Å². The standard InChI is InChI=1S/C24H52NO6P/c1-5-6-7-8-9-10-11-12-13-14-15-16-17-18-24(27)29-21-23(26)22-31-32(28)30-20-19-25(2,3)4/h23-24,26-27H,5-22H2,1-4H3/q+2. The van der Waals surface area contributed by atoms with Gasteiger partial charge < -0.3 is 19.4 Å². The Morgan fingerprint density at radius 2 is 1.25 bits per heavy atom. The Morgan fingerprint density at radius 3 is 1.75 bits per heavy atom. The van der Waals surface area contributed by atoms with Crippen molar-refractivity contribution in [3.05, 3.63) is 0 Å². The minimum atomic E-state index is -2.25. The van der Waals surface area contributed by atoms with Crippen molar-refractivity contribution in [3.8, 4) is 0 Å². The summed E-state index contributed by atoms with van der Waals surface area (Å²) < 4.78 is 27.7. The molecule has 0 bridgehead atoms. The van der Waals surface area contributed by atoms with Crippen LogP contribution in [0.4, 0.5) is 0 Å². The van der Waals surface area contributed by atoms with Gasteiger partial charge in [0.2, 0.25) is 0 Å². The quantitative estimate of drug-likeness (QED) is 0.0812. The van der Waals surface area contributed by atoms with Gasteiger partial charge in [0.05, 0.1) is 27.7 Å². The van der Waals surface area contributed by atoms with Gasteiger partial charge in [-0.05, 0) is 12.8 Å². The zero-order valence-electron chi connectivity index (χ0n) is 21.3. The first-order chi connectivity index (χ1) is 15.2. The maximum Gasteiger partial charge on any atom is 0.697 e.